The van der Waals surface area contributed by atoms with Crippen LogP contribution in [0.15, 0.2) is 12.3 Å². The zero-order valence-corrected chi connectivity index (χ0v) is 15.3. The minimum absolute atomic E-state index is 0.0523. The summed E-state index contributed by atoms with van der Waals surface area (Å²) in [5.74, 6) is 1.25. The van der Waals surface area contributed by atoms with Gasteiger partial charge in [-0.3, -0.25) is 19.1 Å². The maximum Gasteiger partial charge on any atom is 0.325 e. The minimum atomic E-state index is -1.01. The van der Waals surface area contributed by atoms with E-state index in [9.17, 15) is 14.4 Å². The van der Waals surface area contributed by atoms with E-state index >= 15 is 0 Å². The average molecular weight is 374 g/mol. The Morgan fingerprint density at radius 1 is 1.11 bits per heavy atom. The van der Waals surface area contributed by atoms with Gasteiger partial charge in [-0.1, -0.05) is 0 Å². The topological polar surface area (TPSA) is 113 Å². The van der Waals surface area contributed by atoms with Gasteiger partial charge in [0, 0.05) is 18.7 Å². The SMILES string of the molecule is O=C(O)Cn1ccc(NC(=O)CNC(=O)CC23CC4CC(CC(C4)C2)C3)n1. The Kier molecular flexibility index (Phi) is 4.65. The number of aromatic nitrogens is 2. The standard InChI is InChI=1S/C19H26N4O4/c24-16(9-19-6-12-3-13(7-19)5-14(4-12)8-19)20-10-17(25)21-15-1-2-23(22-15)11-18(26)27/h1-2,12-14H,3-11H2,(H,20,24)(H,26,27)(H,21,22,25). The molecule has 1 heterocycles. The van der Waals surface area contributed by atoms with Crippen LogP contribution in [0.1, 0.15) is 44.9 Å². The predicted octanol–water partition coefficient (Wildman–Crippen LogP) is 1.63. The van der Waals surface area contributed by atoms with E-state index in [0.717, 1.165) is 17.8 Å². The van der Waals surface area contributed by atoms with Gasteiger partial charge in [0.25, 0.3) is 0 Å². The number of amides is 2. The van der Waals surface area contributed by atoms with Gasteiger partial charge < -0.3 is 15.7 Å². The Hall–Kier alpha value is -2.38. The molecule has 3 N–H and O–H groups in total. The van der Waals surface area contributed by atoms with Crippen molar-refractivity contribution in [3.63, 3.8) is 0 Å². The molecule has 4 aliphatic carbocycles. The van der Waals surface area contributed by atoms with Gasteiger partial charge in [-0.25, -0.2) is 0 Å². The van der Waals surface area contributed by atoms with E-state index in [-0.39, 0.29) is 36.1 Å². The molecule has 5 rings (SSSR count). The summed E-state index contributed by atoms with van der Waals surface area (Å²) in [6, 6.07) is 1.53. The van der Waals surface area contributed by atoms with Gasteiger partial charge in [-0.2, -0.15) is 5.10 Å². The van der Waals surface area contributed by atoms with Crippen molar-refractivity contribution in [3.8, 4) is 0 Å². The molecular formula is C19H26N4O4. The molecular weight excluding hydrogens is 348 g/mol. The van der Waals surface area contributed by atoms with Gasteiger partial charge in [0.2, 0.25) is 11.8 Å². The largest absolute Gasteiger partial charge is 0.480 e. The molecule has 8 heteroatoms. The van der Waals surface area contributed by atoms with Crippen LogP contribution < -0.4 is 10.6 Å². The smallest absolute Gasteiger partial charge is 0.325 e. The van der Waals surface area contributed by atoms with Crippen molar-refractivity contribution < 1.29 is 19.5 Å². The van der Waals surface area contributed by atoms with Crippen LogP contribution in [0.25, 0.3) is 0 Å². The Labute approximate surface area is 157 Å². The minimum Gasteiger partial charge on any atom is -0.480 e. The van der Waals surface area contributed by atoms with Crippen LogP contribution >= 0.6 is 0 Å². The van der Waals surface area contributed by atoms with Crippen LogP contribution in [0.2, 0.25) is 0 Å². The lowest BCUT2D eigenvalue weighted by Gasteiger charge is -2.56. The number of hydrogen-bond acceptors (Lipinski definition) is 4. The lowest BCUT2D eigenvalue weighted by molar-refractivity contribution is -0.138. The first-order valence-electron chi connectivity index (χ1n) is 9.71. The lowest BCUT2D eigenvalue weighted by Crippen LogP contribution is -2.48. The van der Waals surface area contributed by atoms with Crippen LogP contribution in [-0.2, 0) is 20.9 Å². The first-order chi connectivity index (χ1) is 12.9. The first-order valence-corrected chi connectivity index (χ1v) is 9.71. The highest BCUT2D eigenvalue weighted by molar-refractivity contribution is 5.93. The average Bonchev–Trinajstić information content (AvgIpc) is 2.97. The molecule has 27 heavy (non-hydrogen) atoms. The summed E-state index contributed by atoms with van der Waals surface area (Å²) in [6.07, 6.45) is 9.54. The molecule has 8 nitrogen and oxygen atoms in total. The zero-order chi connectivity index (χ0) is 19.0. The predicted molar refractivity (Wildman–Crippen MR) is 96.7 cm³/mol. The Morgan fingerprint density at radius 2 is 1.74 bits per heavy atom. The number of hydrogen-bond donors (Lipinski definition) is 3. The molecule has 4 aliphatic rings. The molecule has 4 bridgehead atoms. The molecule has 4 fully saturated rings. The van der Waals surface area contributed by atoms with Gasteiger partial charge in [0.1, 0.15) is 6.54 Å². The second-order valence-corrected chi connectivity index (χ2v) is 8.71. The van der Waals surface area contributed by atoms with E-state index < -0.39 is 5.97 Å². The van der Waals surface area contributed by atoms with E-state index in [1.165, 1.54) is 55.5 Å². The third kappa shape index (κ3) is 4.14. The van der Waals surface area contributed by atoms with Crippen molar-refractivity contribution in [2.45, 2.75) is 51.5 Å². The van der Waals surface area contributed by atoms with Crippen molar-refractivity contribution in [2.75, 3.05) is 11.9 Å². The van der Waals surface area contributed by atoms with Crippen molar-refractivity contribution in [1.82, 2.24) is 15.1 Å². The summed E-state index contributed by atoms with van der Waals surface area (Å²) < 4.78 is 1.23. The highest BCUT2D eigenvalue weighted by atomic mass is 16.4. The second-order valence-electron chi connectivity index (χ2n) is 8.71. The van der Waals surface area contributed by atoms with Crippen molar-refractivity contribution >= 4 is 23.6 Å². The fourth-order valence-corrected chi connectivity index (χ4v) is 5.93. The molecule has 146 valence electrons. The van der Waals surface area contributed by atoms with Crippen molar-refractivity contribution in [2.24, 2.45) is 23.2 Å². The summed E-state index contributed by atoms with van der Waals surface area (Å²) in [4.78, 5) is 35.1. The summed E-state index contributed by atoms with van der Waals surface area (Å²) in [7, 11) is 0. The summed E-state index contributed by atoms with van der Waals surface area (Å²) >= 11 is 0. The molecule has 0 aliphatic heterocycles. The number of rotatable bonds is 7. The molecule has 0 radical (unpaired) electrons. The fourth-order valence-electron chi connectivity index (χ4n) is 5.93. The second kappa shape index (κ2) is 6.98. The molecule has 0 aromatic carbocycles. The zero-order valence-electron chi connectivity index (χ0n) is 15.3. The Morgan fingerprint density at radius 3 is 2.33 bits per heavy atom. The van der Waals surface area contributed by atoms with Gasteiger partial charge in [-0.05, 0) is 61.7 Å². The number of carboxylic acid groups (broad SMARTS) is 1. The molecule has 0 spiro atoms. The molecule has 2 amide bonds. The van der Waals surface area contributed by atoms with Crippen LogP contribution in [0, 0.1) is 23.2 Å². The van der Waals surface area contributed by atoms with Crippen LogP contribution in [0.5, 0.6) is 0 Å². The van der Waals surface area contributed by atoms with E-state index in [0.29, 0.717) is 6.42 Å². The van der Waals surface area contributed by atoms with Gasteiger partial charge >= 0.3 is 5.97 Å². The lowest BCUT2D eigenvalue weighted by atomic mass is 9.49. The maximum atomic E-state index is 12.4. The number of carbonyl (C=O) groups excluding carboxylic acids is 2. The molecule has 1 aromatic rings. The fraction of sp³-hybridized carbons (Fsp3) is 0.684. The van der Waals surface area contributed by atoms with Crippen LogP contribution in [0.3, 0.4) is 0 Å². The maximum absolute atomic E-state index is 12.4. The number of nitrogens with one attached hydrogen (secondary N) is 2. The Balaban J connectivity index is 1.24. The number of nitrogens with zero attached hydrogens (tertiary/aromatic N) is 2. The van der Waals surface area contributed by atoms with E-state index in [4.69, 9.17) is 5.11 Å². The number of aliphatic carboxylic acids is 1. The summed E-state index contributed by atoms with van der Waals surface area (Å²) in [6.45, 7) is -0.366. The quantitative estimate of drug-likeness (QED) is 0.671. The molecule has 1 aromatic heterocycles. The van der Waals surface area contributed by atoms with Crippen molar-refractivity contribution in [3.05, 3.63) is 12.3 Å². The monoisotopic (exact) mass is 374 g/mol. The van der Waals surface area contributed by atoms with Crippen LogP contribution in [0.4, 0.5) is 5.82 Å². The molecule has 0 saturated heterocycles. The summed E-state index contributed by atoms with van der Waals surface area (Å²) in [5.41, 5.74) is 0.158. The van der Waals surface area contributed by atoms with Crippen molar-refractivity contribution in [1.29, 1.82) is 0 Å². The molecule has 0 atom stereocenters. The normalized spacial score (nSPS) is 30.9. The third-order valence-corrected chi connectivity index (χ3v) is 6.35. The van der Waals surface area contributed by atoms with Crippen LogP contribution in [-0.4, -0.2) is 39.2 Å². The number of carbonyl (C=O) groups is 3. The highest BCUT2D eigenvalue weighted by Gasteiger charge is 2.51. The van der Waals surface area contributed by atoms with Gasteiger partial charge in [0.05, 0.1) is 6.54 Å². The third-order valence-electron chi connectivity index (χ3n) is 6.35. The number of anilines is 1. The van der Waals surface area contributed by atoms with E-state index in [1.54, 1.807) is 0 Å². The van der Waals surface area contributed by atoms with E-state index in [2.05, 4.69) is 15.7 Å². The molecule has 0 unspecified atom stereocenters. The Bertz CT molecular complexity index is 721. The first kappa shape index (κ1) is 18.0. The number of carboxylic acids is 1. The summed E-state index contributed by atoms with van der Waals surface area (Å²) in [5, 5.41) is 18.0. The van der Waals surface area contributed by atoms with Gasteiger partial charge in [0.15, 0.2) is 5.82 Å². The van der Waals surface area contributed by atoms with E-state index in [1.807, 2.05) is 0 Å². The molecule has 4 saturated carbocycles. The van der Waals surface area contributed by atoms with Gasteiger partial charge in [-0.15, -0.1) is 0 Å². The highest BCUT2D eigenvalue weighted by Crippen LogP contribution is 2.61.